The smallest absolute Gasteiger partial charge is 0.306 e. The fourth-order valence-electron chi connectivity index (χ4n) is 6.36. The molecule has 1 atom stereocenters. The van der Waals surface area contributed by atoms with E-state index in [4.69, 9.17) is 10.2 Å². The van der Waals surface area contributed by atoms with E-state index in [2.05, 4.69) is 0 Å². The molecule has 6 nitrogen and oxygen atoms in total. The lowest BCUT2D eigenvalue weighted by molar-refractivity contribution is -0.142. The molecule has 6 heteroatoms. The molecule has 1 aliphatic rings. The summed E-state index contributed by atoms with van der Waals surface area (Å²) in [6, 6.07) is 0. The van der Waals surface area contributed by atoms with Crippen LogP contribution in [0.2, 0.25) is 0 Å². The van der Waals surface area contributed by atoms with Gasteiger partial charge in [0.15, 0.2) is 0 Å². The van der Waals surface area contributed by atoms with Crippen LogP contribution in [0.5, 0.6) is 0 Å². The van der Waals surface area contributed by atoms with Gasteiger partial charge >= 0.3 is 11.9 Å². The summed E-state index contributed by atoms with van der Waals surface area (Å²) in [6.07, 6.45) is 27.6. The van der Waals surface area contributed by atoms with Gasteiger partial charge in [0, 0.05) is 31.6 Å². The summed E-state index contributed by atoms with van der Waals surface area (Å²) < 4.78 is 0. The number of carboxylic acid groups (broad SMARTS) is 2. The van der Waals surface area contributed by atoms with Gasteiger partial charge in [0.05, 0.1) is 5.92 Å². The minimum Gasteiger partial charge on any atom is -0.481 e. The van der Waals surface area contributed by atoms with E-state index in [1.807, 2.05) is 6.92 Å². The van der Waals surface area contributed by atoms with Crippen molar-refractivity contribution in [3.05, 3.63) is 0 Å². The van der Waals surface area contributed by atoms with Gasteiger partial charge in [0.25, 0.3) is 0 Å². The molecule has 0 saturated heterocycles. The zero-order valence-electron chi connectivity index (χ0n) is 26.4. The molecule has 1 fully saturated rings. The first-order chi connectivity index (χ1) is 19.8. The van der Waals surface area contributed by atoms with Gasteiger partial charge in [0.1, 0.15) is 11.6 Å². The Hall–Kier alpha value is -1.72. The molecular weight excluding hydrogens is 516 g/mol. The highest BCUT2D eigenvalue weighted by atomic mass is 16.4. The zero-order chi connectivity index (χ0) is 30.1. The zero-order valence-corrected chi connectivity index (χ0v) is 26.4. The summed E-state index contributed by atoms with van der Waals surface area (Å²) in [5.74, 6) is -0.570. The Morgan fingerprint density at radius 2 is 1.02 bits per heavy atom. The van der Waals surface area contributed by atoms with E-state index >= 15 is 0 Å². The van der Waals surface area contributed by atoms with Crippen molar-refractivity contribution >= 4 is 23.5 Å². The van der Waals surface area contributed by atoms with Crippen LogP contribution in [0.1, 0.15) is 180 Å². The number of hydrogen-bond donors (Lipinski definition) is 2. The van der Waals surface area contributed by atoms with Crippen molar-refractivity contribution in [2.24, 2.45) is 17.8 Å². The van der Waals surface area contributed by atoms with Crippen molar-refractivity contribution in [1.82, 2.24) is 0 Å². The lowest BCUT2D eigenvalue weighted by Gasteiger charge is -2.27. The number of carboxylic acids is 2. The summed E-state index contributed by atoms with van der Waals surface area (Å²) in [7, 11) is 0. The van der Waals surface area contributed by atoms with Crippen LogP contribution in [-0.4, -0.2) is 33.7 Å². The Balaban J connectivity index is 1.87. The Morgan fingerprint density at radius 1 is 0.585 bits per heavy atom. The molecule has 0 amide bonds. The van der Waals surface area contributed by atoms with Crippen molar-refractivity contribution < 1.29 is 29.4 Å². The molecule has 0 aromatic heterocycles. The van der Waals surface area contributed by atoms with Gasteiger partial charge in [-0.2, -0.15) is 0 Å². The van der Waals surface area contributed by atoms with Crippen LogP contribution in [-0.2, 0) is 19.2 Å². The molecule has 1 aliphatic carbocycles. The summed E-state index contributed by atoms with van der Waals surface area (Å²) in [5.41, 5.74) is 0. The van der Waals surface area contributed by atoms with Gasteiger partial charge in [-0.3, -0.25) is 19.2 Å². The average molecular weight is 579 g/mol. The third-order valence-electron chi connectivity index (χ3n) is 9.31. The summed E-state index contributed by atoms with van der Waals surface area (Å²) >= 11 is 0. The average Bonchev–Trinajstić information content (AvgIpc) is 2.95. The summed E-state index contributed by atoms with van der Waals surface area (Å²) in [4.78, 5) is 46.5. The van der Waals surface area contributed by atoms with Crippen LogP contribution in [0.3, 0.4) is 0 Å². The van der Waals surface area contributed by atoms with Crippen LogP contribution in [0.4, 0.5) is 0 Å². The molecule has 0 heterocycles. The van der Waals surface area contributed by atoms with Crippen molar-refractivity contribution in [1.29, 1.82) is 0 Å². The Kier molecular flexibility index (Phi) is 22.6. The number of unbranched alkanes of at least 4 members (excludes halogenated alkanes) is 15. The maximum absolute atomic E-state index is 12.5. The second-order valence-electron chi connectivity index (χ2n) is 12.8. The van der Waals surface area contributed by atoms with Gasteiger partial charge in [0.2, 0.25) is 0 Å². The lowest BCUT2D eigenvalue weighted by atomic mass is 9.77. The van der Waals surface area contributed by atoms with Crippen molar-refractivity contribution in [2.75, 3.05) is 0 Å². The molecular formula is C35H62O6. The molecule has 41 heavy (non-hydrogen) atoms. The van der Waals surface area contributed by atoms with E-state index in [1.54, 1.807) is 0 Å². The fraction of sp³-hybridized carbons (Fsp3) is 0.886. The molecule has 0 bridgehead atoms. The first kappa shape index (κ1) is 37.3. The van der Waals surface area contributed by atoms with Gasteiger partial charge in [-0.05, 0) is 63.7 Å². The molecule has 0 aromatic carbocycles. The van der Waals surface area contributed by atoms with Crippen molar-refractivity contribution in [3.8, 4) is 0 Å². The highest BCUT2D eigenvalue weighted by molar-refractivity contribution is 5.82. The van der Waals surface area contributed by atoms with E-state index in [1.165, 1.54) is 77.0 Å². The summed E-state index contributed by atoms with van der Waals surface area (Å²) in [6.45, 7) is 1.86. The first-order valence-corrected chi connectivity index (χ1v) is 17.3. The normalized spacial score (nSPS) is 17.8. The minimum atomic E-state index is -0.793. The molecule has 0 aromatic rings. The number of rotatable bonds is 28. The topological polar surface area (TPSA) is 109 Å². The quantitative estimate of drug-likeness (QED) is 0.0894. The molecule has 238 valence electrons. The Labute approximate surface area is 250 Å². The Bertz CT molecular complexity index is 709. The monoisotopic (exact) mass is 578 g/mol. The van der Waals surface area contributed by atoms with Gasteiger partial charge in [-0.25, -0.2) is 0 Å². The maximum atomic E-state index is 12.5. The van der Waals surface area contributed by atoms with E-state index in [0.717, 1.165) is 64.2 Å². The fourth-order valence-corrected chi connectivity index (χ4v) is 6.36. The predicted octanol–water partition coefficient (Wildman–Crippen LogP) is 9.71. The van der Waals surface area contributed by atoms with E-state index in [0.29, 0.717) is 43.8 Å². The maximum Gasteiger partial charge on any atom is 0.306 e. The van der Waals surface area contributed by atoms with Crippen molar-refractivity contribution in [3.63, 3.8) is 0 Å². The van der Waals surface area contributed by atoms with Crippen LogP contribution >= 0.6 is 0 Å². The van der Waals surface area contributed by atoms with Crippen LogP contribution in [0.25, 0.3) is 0 Å². The van der Waals surface area contributed by atoms with Crippen LogP contribution < -0.4 is 0 Å². The molecule has 1 rings (SSSR count). The molecule has 1 saturated carbocycles. The van der Waals surface area contributed by atoms with Gasteiger partial charge in [-0.1, -0.05) is 96.8 Å². The van der Waals surface area contributed by atoms with Crippen molar-refractivity contribution in [2.45, 2.75) is 180 Å². The third kappa shape index (κ3) is 20.7. The highest BCUT2D eigenvalue weighted by Crippen LogP contribution is 2.33. The van der Waals surface area contributed by atoms with Gasteiger partial charge < -0.3 is 10.2 Å². The molecule has 0 radical (unpaired) electrons. The molecule has 0 unspecified atom stereocenters. The lowest BCUT2D eigenvalue weighted by Crippen LogP contribution is -2.23. The Morgan fingerprint density at radius 3 is 1.44 bits per heavy atom. The number of carbonyl (C=O) groups excluding carboxylic acids is 2. The first-order valence-electron chi connectivity index (χ1n) is 17.3. The highest BCUT2D eigenvalue weighted by Gasteiger charge is 2.27. The third-order valence-corrected chi connectivity index (χ3v) is 9.31. The number of carbonyl (C=O) groups is 4. The number of ketones is 2. The second-order valence-corrected chi connectivity index (χ2v) is 12.8. The second kappa shape index (κ2) is 24.8. The van der Waals surface area contributed by atoms with Crippen LogP contribution in [0.15, 0.2) is 0 Å². The number of Topliss-reactive ketones (excluding diaryl/α,β-unsaturated/α-hetero) is 2. The number of hydrogen-bond acceptors (Lipinski definition) is 4. The minimum absolute atomic E-state index is 0.0957. The molecule has 2 N–H and O–H groups in total. The van der Waals surface area contributed by atoms with Gasteiger partial charge in [-0.15, -0.1) is 0 Å². The predicted molar refractivity (Wildman–Crippen MR) is 166 cm³/mol. The largest absolute Gasteiger partial charge is 0.481 e. The molecule has 0 spiro atoms. The van der Waals surface area contributed by atoms with E-state index < -0.39 is 17.9 Å². The van der Waals surface area contributed by atoms with E-state index in [-0.39, 0.29) is 11.7 Å². The summed E-state index contributed by atoms with van der Waals surface area (Å²) in [5, 5.41) is 17.8. The SMILES string of the molecule is CC[C@H](CCC(=O)C1CCC(CCC(=O)CCCCCCCCCCCCCCCCCCC(=O)O)CC1)C(=O)O. The van der Waals surface area contributed by atoms with E-state index in [9.17, 15) is 19.2 Å². The molecule has 0 aliphatic heterocycles. The van der Waals surface area contributed by atoms with Crippen LogP contribution in [0, 0.1) is 17.8 Å². The standard InChI is InChI=1S/C35H62O6/c1-2-30(35(40)41)26-28-33(37)31-24-21-29(22-25-31)23-27-32(36)19-17-15-13-11-9-7-5-3-4-6-8-10-12-14-16-18-20-34(38)39/h29-31H,2-28H2,1H3,(H,38,39)(H,40,41)/t29?,30-,31?/m1/s1. The number of aliphatic carboxylic acids is 2.